The first-order valence-electron chi connectivity index (χ1n) is 5.40. The average molecular weight is 211 g/mol. The standard InChI is InChI=1S/C12H21NO2/c1-9(2)13-12(15)8-6-10(3)5-7-11(4)14/h5,7,9-10H,6,8H2,1-4H3,(H,13,15)/b7-5+/t10-/m1/s1. The average Bonchev–Trinajstić information content (AvgIpc) is 2.10. The van der Waals surface area contributed by atoms with Gasteiger partial charge in [0, 0.05) is 12.5 Å². The maximum atomic E-state index is 11.3. The lowest BCUT2D eigenvalue weighted by atomic mass is 10.0. The third kappa shape index (κ3) is 9.19. The minimum absolute atomic E-state index is 0.0495. The van der Waals surface area contributed by atoms with Gasteiger partial charge in [-0.1, -0.05) is 13.0 Å². The Hall–Kier alpha value is -1.12. The molecule has 0 aromatic heterocycles. The van der Waals surface area contributed by atoms with Crippen LogP contribution in [0.25, 0.3) is 0 Å². The molecule has 0 fully saturated rings. The molecule has 0 saturated carbocycles. The molecule has 15 heavy (non-hydrogen) atoms. The van der Waals surface area contributed by atoms with Crippen molar-refractivity contribution in [1.29, 1.82) is 0 Å². The zero-order chi connectivity index (χ0) is 11.8. The molecular weight excluding hydrogens is 190 g/mol. The number of ketones is 1. The first-order chi connectivity index (χ1) is 6.91. The molecule has 86 valence electrons. The summed E-state index contributed by atoms with van der Waals surface area (Å²) in [4.78, 5) is 22.0. The molecule has 1 N–H and O–H groups in total. The van der Waals surface area contributed by atoms with E-state index in [1.54, 1.807) is 6.08 Å². The zero-order valence-electron chi connectivity index (χ0n) is 10.0. The van der Waals surface area contributed by atoms with Crippen molar-refractivity contribution < 1.29 is 9.59 Å². The van der Waals surface area contributed by atoms with Gasteiger partial charge in [-0.2, -0.15) is 0 Å². The molecule has 0 unspecified atom stereocenters. The van der Waals surface area contributed by atoms with E-state index >= 15 is 0 Å². The summed E-state index contributed by atoms with van der Waals surface area (Å²) in [5.41, 5.74) is 0. The largest absolute Gasteiger partial charge is 0.354 e. The topological polar surface area (TPSA) is 46.2 Å². The second-order valence-corrected chi connectivity index (χ2v) is 4.21. The van der Waals surface area contributed by atoms with Crippen LogP contribution in [0.4, 0.5) is 0 Å². The fourth-order valence-electron chi connectivity index (χ4n) is 1.15. The molecule has 0 aliphatic rings. The van der Waals surface area contributed by atoms with E-state index in [2.05, 4.69) is 5.32 Å². The molecule has 0 heterocycles. The lowest BCUT2D eigenvalue weighted by Crippen LogP contribution is -2.30. The van der Waals surface area contributed by atoms with E-state index in [0.717, 1.165) is 6.42 Å². The lowest BCUT2D eigenvalue weighted by molar-refractivity contribution is -0.121. The van der Waals surface area contributed by atoms with Crippen LogP contribution in [0.2, 0.25) is 0 Å². The number of carbonyl (C=O) groups excluding carboxylic acids is 2. The number of allylic oxidation sites excluding steroid dienone is 2. The van der Waals surface area contributed by atoms with Gasteiger partial charge in [0.25, 0.3) is 0 Å². The van der Waals surface area contributed by atoms with E-state index in [1.807, 2.05) is 26.8 Å². The molecule has 1 atom stereocenters. The Kier molecular flexibility index (Phi) is 6.67. The monoisotopic (exact) mass is 211 g/mol. The fourth-order valence-corrected chi connectivity index (χ4v) is 1.15. The van der Waals surface area contributed by atoms with E-state index in [9.17, 15) is 9.59 Å². The summed E-state index contributed by atoms with van der Waals surface area (Å²) < 4.78 is 0. The lowest BCUT2D eigenvalue weighted by Gasteiger charge is -2.09. The van der Waals surface area contributed by atoms with Gasteiger partial charge in [-0.25, -0.2) is 0 Å². The molecule has 3 heteroatoms. The number of hydrogen-bond donors (Lipinski definition) is 1. The van der Waals surface area contributed by atoms with Crippen LogP contribution in [0, 0.1) is 5.92 Å². The van der Waals surface area contributed by atoms with Gasteiger partial charge in [-0.3, -0.25) is 9.59 Å². The van der Waals surface area contributed by atoms with Crippen LogP contribution in [0.15, 0.2) is 12.2 Å². The third-order valence-corrected chi connectivity index (χ3v) is 1.94. The highest BCUT2D eigenvalue weighted by Gasteiger charge is 2.05. The smallest absolute Gasteiger partial charge is 0.220 e. The summed E-state index contributed by atoms with van der Waals surface area (Å²) in [7, 11) is 0. The highest BCUT2D eigenvalue weighted by molar-refractivity contribution is 5.87. The Labute approximate surface area is 91.9 Å². The number of rotatable bonds is 6. The number of carbonyl (C=O) groups is 2. The summed E-state index contributed by atoms with van der Waals surface area (Å²) >= 11 is 0. The molecule has 0 rings (SSSR count). The van der Waals surface area contributed by atoms with Crippen LogP contribution in [-0.2, 0) is 9.59 Å². The van der Waals surface area contributed by atoms with Crippen molar-refractivity contribution in [3.05, 3.63) is 12.2 Å². The second kappa shape index (κ2) is 7.21. The SMILES string of the molecule is CC(=O)/C=C/[C@@H](C)CCC(=O)NC(C)C. The molecule has 0 spiro atoms. The zero-order valence-corrected chi connectivity index (χ0v) is 10.0. The van der Waals surface area contributed by atoms with Crippen molar-refractivity contribution >= 4 is 11.7 Å². The van der Waals surface area contributed by atoms with Crippen molar-refractivity contribution in [2.45, 2.75) is 46.6 Å². The van der Waals surface area contributed by atoms with Crippen LogP contribution in [0.3, 0.4) is 0 Å². The molecule has 0 saturated heterocycles. The van der Waals surface area contributed by atoms with Gasteiger partial charge in [0.1, 0.15) is 0 Å². The van der Waals surface area contributed by atoms with Crippen LogP contribution in [0.5, 0.6) is 0 Å². The predicted octanol–water partition coefficient (Wildman–Crippen LogP) is 2.07. The van der Waals surface area contributed by atoms with Crippen LogP contribution in [0.1, 0.15) is 40.5 Å². The van der Waals surface area contributed by atoms with Crippen molar-refractivity contribution in [3.8, 4) is 0 Å². The summed E-state index contributed by atoms with van der Waals surface area (Å²) in [5.74, 6) is 0.397. The quantitative estimate of drug-likeness (QED) is 0.684. The Morgan fingerprint density at radius 1 is 1.27 bits per heavy atom. The summed E-state index contributed by atoms with van der Waals surface area (Å²) in [5, 5.41) is 2.83. The van der Waals surface area contributed by atoms with Gasteiger partial charge in [0.2, 0.25) is 5.91 Å². The highest BCUT2D eigenvalue weighted by atomic mass is 16.1. The first-order valence-corrected chi connectivity index (χ1v) is 5.40. The number of amides is 1. The van der Waals surface area contributed by atoms with Gasteiger partial charge in [-0.15, -0.1) is 0 Å². The second-order valence-electron chi connectivity index (χ2n) is 4.21. The third-order valence-electron chi connectivity index (χ3n) is 1.94. The van der Waals surface area contributed by atoms with E-state index in [-0.39, 0.29) is 23.7 Å². The maximum Gasteiger partial charge on any atom is 0.220 e. The van der Waals surface area contributed by atoms with Gasteiger partial charge in [0.15, 0.2) is 5.78 Å². The molecule has 0 aromatic rings. The van der Waals surface area contributed by atoms with Crippen LogP contribution in [-0.4, -0.2) is 17.7 Å². The maximum absolute atomic E-state index is 11.3. The molecule has 1 amide bonds. The Morgan fingerprint density at radius 2 is 1.87 bits per heavy atom. The van der Waals surface area contributed by atoms with Gasteiger partial charge >= 0.3 is 0 Å². The Bertz CT molecular complexity index is 244. The minimum atomic E-state index is 0.0495. The molecule has 0 bridgehead atoms. The minimum Gasteiger partial charge on any atom is -0.354 e. The van der Waals surface area contributed by atoms with Crippen LogP contribution >= 0.6 is 0 Å². The van der Waals surface area contributed by atoms with Crippen molar-refractivity contribution in [3.63, 3.8) is 0 Å². The van der Waals surface area contributed by atoms with E-state index in [4.69, 9.17) is 0 Å². The molecule has 0 radical (unpaired) electrons. The van der Waals surface area contributed by atoms with Gasteiger partial charge in [-0.05, 0) is 39.2 Å². The van der Waals surface area contributed by atoms with Gasteiger partial charge < -0.3 is 5.32 Å². The number of nitrogens with one attached hydrogen (secondary N) is 1. The van der Waals surface area contributed by atoms with E-state index in [0.29, 0.717) is 6.42 Å². The van der Waals surface area contributed by atoms with Crippen molar-refractivity contribution in [1.82, 2.24) is 5.32 Å². The van der Waals surface area contributed by atoms with Crippen LogP contribution < -0.4 is 5.32 Å². The van der Waals surface area contributed by atoms with Gasteiger partial charge in [0.05, 0.1) is 0 Å². The summed E-state index contributed by atoms with van der Waals surface area (Å²) in [6.45, 7) is 7.41. The van der Waals surface area contributed by atoms with E-state index in [1.165, 1.54) is 6.92 Å². The molecule has 3 nitrogen and oxygen atoms in total. The molecule has 0 aliphatic heterocycles. The summed E-state index contributed by atoms with van der Waals surface area (Å²) in [6, 6.07) is 0.195. The molecular formula is C12H21NO2. The van der Waals surface area contributed by atoms with Crippen molar-refractivity contribution in [2.75, 3.05) is 0 Å². The predicted molar refractivity (Wildman–Crippen MR) is 61.5 cm³/mol. The number of hydrogen-bond acceptors (Lipinski definition) is 2. The highest BCUT2D eigenvalue weighted by Crippen LogP contribution is 2.07. The molecule has 0 aromatic carbocycles. The normalized spacial score (nSPS) is 13.1. The first kappa shape index (κ1) is 13.9. The Balaban J connectivity index is 3.75. The summed E-state index contributed by atoms with van der Waals surface area (Å²) in [6.07, 6.45) is 4.71. The van der Waals surface area contributed by atoms with E-state index < -0.39 is 0 Å². The molecule has 0 aliphatic carbocycles. The van der Waals surface area contributed by atoms with Crippen molar-refractivity contribution in [2.24, 2.45) is 5.92 Å². The Morgan fingerprint density at radius 3 is 2.33 bits per heavy atom. The fraction of sp³-hybridized carbons (Fsp3) is 0.667.